The Morgan fingerprint density at radius 2 is 1.90 bits per heavy atom. The standard InChI is InChI=1S/C31H38F2N4O3/c1-31(2,3)40-30(38)36-27(19-22-15-17-35-26-13-14-28(39-4)37-29(22)26)20-7-10-24(11-8-20)34-16-5-6-21-18-23(32)9-12-25(21)33/h5-6,9,12-15,17-18,20,24,27,34H,7-8,10-11,16,19H2,1-4H3,(H,36,38)/t20-,24-,27?. The lowest BCUT2D eigenvalue weighted by atomic mass is 9.79. The van der Waals surface area contributed by atoms with Gasteiger partial charge in [0.1, 0.15) is 17.2 Å². The SMILES string of the molecule is COc1ccc2nccc(CC(NC(=O)OC(C)(C)C)[C@H]3CC[C@H](NCC=Cc4cc(F)ccc4F)CC3)c2n1. The largest absolute Gasteiger partial charge is 0.481 e. The Balaban J connectivity index is 1.41. The lowest BCUT2D eigenvalue weighted by Gasteiger charge is -2.35. The van der Waals surface area contributed by atoms with Crippen LogP contribution in [0.3, 0.4) is 0 Å². The van der Waals surface area contributed by atoms with Crippen molar-refractivity contribution in [3.63, 3.8) is 0 Å². The number of pyridine rings is 2. The van der Waals surface area contributed by atoms with Crippen molar-refractivity contribution in [2.24, 2.45) is 5.92 Å². The minimum absolute atomic E-state index is 0.148. The van der Waals surface area contributed by atoms with E-state index in [2.05, 4.69) is 20.6 Å². The molecule has 1 aliphatic carbocycles. The second kappa shape index (κ2) is 13.2. The van der Waals surface area contributed by atoms with E-state index in [1.165, 1.54) is 6.07 Å². The molecular formula is C31H38F2N4O3. The summed E-state index contributed by atoms with van der Waals surface area (Å²) in [6.45, 7) is 6.11. The minimum atomic E-state index is -0.601. The number of hydrogen-bond donors (Lipinski definition) is 2. The summed E-state index contributed by atoms with van der Waals surface area (Å²) in [5.74, 6) is -0.149. The zero-order valence-corrected chi connectivity index (χ0v) is 23.5. The van der Waals surface area contributed by atoms with Gasteiger partial charge in [-0.05, 0) is 94.7 Å². The van der Waals surface area contributed by atoms with Gasteiger partial charge < -0.3 is 20.1 Å². The normalized spacial score (nSPS) is 18.6. The molecule has 1 amide bonds. The highest BCUT2D eigenvalue weighted by atomic mass is 19.1. The van der Waals surface area contributed by atoms with Gasteiger partial charge in [0.15, 0.2) is 0 Å². The quantitative estimate of drug-likeness (QED) is 0.328. The predicted octanol–water partition coefficient (Wildman–Crippen LogP) is 6.21. The maximum atomic E-state index is 13.8. The number of nitrogens with zero attached hydrogens (tertiary/aromatic N) is 2. The third-order valence-corrected chi connectivity index (χ3v) is 7.11. The zero-order chi connectivity index (χ0) is 28.7. The van der Waals surface area contributed by atoms with Crippen LogP contribution in [0.25, 0.3) is 17.1 Å². The first-order chi connectivity index (χ1) is 19.1. The molecule has 0 aliphatic heterocycles. The van der Waals surface area contributed by atoms with Crippen LogP contribution in [0.15, 0.2) is 48.7 Å². The number of methoxy groups -OCH3 is 1. The molecule has 40 heavy (non-hydrogen) atoms. The molecule has 1 unspecified atom stereocenters. The lowest BCUT2D eigenvalue weighted by molar-refractivity contribution is 0.0475. The Morgan fingerprint density at radius 1 is 1.12 bits per heavy atom. The number of aromatic nitrogens is 2. The first-order valence-corrected chi connectivity index (χ1v) is 13.7. The molecule has 0 saturated heterocycles. The Kier molecular flexibility index (Phi) is 9.68. The average molecular weight is 553 g/mol. The molecule has 0 bridgehead atoms. The second-order valence-corrected chi connectivity index (χ2v) is 11.2. The number of benzene rings is 1. The molecule has 2 heterocycles. The molecule has 9 heteroatoms. The van der Waals surface area contributed by atoms with Gasteiger partial charge in [0.05, 0.1) is 18.1 Å². The molecule has 2 aromatic heterocycles. The van der Waals surface area contributed by atoms with Gasteiger partial charge in [0.25, 0.3) is 0 Å². The summed E-state index contributed by atoms with van der Waals surface area (Å²) in [5.41, 5.74) is 2.15. The Hall–Kier alpha value is -3.59. The summed E-state index contributed by atoms with van der Waals surface area (Å²) in [5, 5.41) is 6.64. The van der Waals surface area contributed by atoms with Crippen molar-refractivity contribution < 1.29 is 23.0 Å². The van der Waals surface area contributed by atoms with Crippen LogP contribution >= 0.6 is 0 Å². The highest BCUT2D eigenvalue weighted by Gasteiger charge is 2.30. The smallest absolute Gasteiger partial charge is 0.407 e. The number of ether oxygens (including phenoxy) is 2. The van der Waals surface area contributed by atoms with Gasteiger partial charge in [-0.25, -0.2) is 18.6 Å². The van der Waals surface area contributed by atoms with Crippen LogP contribution in [0.4, 0.5) is 13.6 Å². The van der Waals surface area contributed by atoms with Crippen LogP contribution < -0.4 is 15.4 Å². The number of amides is 1. The van der Waals surface area contributed by atoms with Gasteiger partial charge in [-0.3, -0.25) is 4.98 Å². The van der Waals surface area contributed by atoms with E-state index in [9.17, 15) is 13.6 Å². The molecule has 1 aromatic carbocycles. The van der Waals surface area contributed by atoms with Gasteiger partial charge >= 0.3 is 6.09 Å². The number of carbonyl (C=O) groups is 1. The van der Waals surface area contributed by atoms with E-state index < -0.39 is 23.3 Å². The summed E-state index contributed by atoms with van der Waals surface area (Å²) in [6, 6.07) is 9.19. The topological polar surface area (TPSA) is 85.4 Å². The van der Waals surface area contributed by atoms with Crippen molar-refractivity contribution >= 4 is 23.2 Å². The molecule has 0 radical (unpaired) electrons. The predicted molar refractivity (Wildman–Crippen MR) is 152 cm³/mol. The Morgan fingerprint density at radius 3 is 2.62 bits per heavy atom. The summed E-state index contributed by atoms with van der Waals surface area (Å²) in [6.07, 6.45) is 9.03. The fourth-order valence-electron chi connectivity index (χ4n) is 5.16. The second-order valence-electron chi connectivity index (χ2n) is 11.2. The van der Waals surface area contributed by atoms with Crippen LogP contribution in [-0.4, -0.2) is 47.4 Å². The minimum Gasteiger partial charge on any atom is -0.481 e. The first kappa shape index (κ1) is 29.4. The van der Waals surface area contributed by atoms with Gasteiger partial charge in [0.2, 0.25) is 5.88 Å². The maximum absolute atomic E-state index is 13.8. The van der Waals surface area contributed by atoms with Crippen LogP contribution in [0.5, 0.6) is 5.88 Å². The summed E-state index contributed by atoms with van der Waals surface area (Å²) in [4.78, 5) is 21.9. The Labute approximate surface area is 234 Å². The van der Waals surface area contributed by atoms with Crippen LogP contribution in [0, 0.1) is 17.6 Å². The number of alkyl carbamates (subject to hydrolysis) is 1. The van der Waals surface area contributed by atoms with Crippen molar-refractivity contribution in [3.05, 3.63) is 71.4 Å². The Bertz CT molecular complexity index is 1330. The average Bonchev–Trinajstić information content (AvgIpc) is 2.91. The van der Waals surface area contributed by atoms with Gasteiger partial charge in [-0.1, -0.05) is 12.2 Å². The summed E-state index contributed by atoms with van der Waals surface area (Å²) < 4.78 is 38.2. The molecule has 214 valence electrons. The fourth-order valence-corrected chi connectivity index (χ4v) is 5.16. The number of nitrogens with one attached hydrogen (secondary N) is 2. The van der Waals surface area contributed by atoms with Crippen LogP contribution in [0.2, 0.25) is 0 Å². The third kappa shape index (κ3) is 8.21. The van der Waals surface area contributed by atoms with Gasteiger partial charge in [-0.2, -0.15) is 0 Å². The van der Waals surface area contributed by atoms with Crippen LogP contribution in [0.1, 0.15) is 57.6 Å². The van der Waals surface area contributed by atoms with Gasteiger partial charge in [0, 0.05) is 36.5 Å². The van der Waals surface area contributed by atoms with E-state index in [1.54, 1.807) is 25.4 Å². The monoisotopic (exact) mass is 552 g/mol. The number of halogens is 2. The molecule has 1 fully saturated rings. The maximum Gasteiger partial charge on any atom is 0.407 e. The van der Waals surface area contributed by atoms with E-state index in [0.717, 1.165) is 54.4 Å². The van der Waals surface area contributed by atoms with Crippen LogP contribution in [-0.2, 0) is 11.2 Å². The van der Waals surface area contributed by atoms with Crippen molar-refractivity contribution in [1.29, 1.82) is 0 Å². The van der Waals surface area contributed by atoms with E-state index in [0.29, 0.717) is 24.9 Å². The highest BCUT2D eigenvalue weighted by molar-refractivity contribution is 5.78. The number of carbonyl (C=O) groups excluding carboxylic acids is 1. The van der Waals surface area contributed by atoms with Gasteiger partial charge in [-0.15, -0.1) is 0 Å². The molecule has 3 aromatic rings. The van der Waals surface area contributed by atoms with Crippen molar-refractivity contribution in [3.8, 4) is 5.88 Å². The van der Waals surface area contributed by atoms with E-state index in [4.69, 9.17) is 9.47 Å². The lowest BCUT2D eigenvalue weighted by Crippen LogP contribution is -2.46. The van der Waals surface area contributed by atoms with Crippen molar-refractivity contribution in [1.82, 2.24) is 20.6 Å². The molecular weight excluding hydrogens is 514 g/mol. The van der Waals surface area contributed by atoms with E-state index in [-0.39, 0.29) is 17.5 Å². The first-order valence-electron chi connectivity index (χ1n) is 13.7. The fraction of sp³-hybridized carbons (Fsp3) is 0.452. The molecule has 4 rings (SSSR count). The molecule has 7 nitrogen and oxygen atoms in total. The summed E-state index contributed by atoms with van der Waals surface area (Å²) >= 11 is 0. The molecule has 1 aliphatic rings. The number of fused-ring (bicyclic) bond motifs is 1. The van der Waals surface area contributed by atoms with E-state index >= 15 is 0 Å². The highest BCUT2D eigenvalue weighted by Crippen LogP contribution is 2.30. The molecule has 1 atom stereocenters. The molecule has 1 saturated carbocycles. The summed E-state index contributed by atoms with van der Waals surface area (Å²) in [7, 11) is 1.58. The molecule has 2 N–H and O–H groups in total. The number of hydrogen-bond acceptors (Lipinski definition) is 6. The third-order valence-electron chi connectivity index (χ3n) is 7.11. The molecule has 0 spiro atoms. The van der Waals surface area contributed by atoms with E-state index in [1.807, 2.05) is 39.0 Å². The zero-order valence-electron chi connectivity index (χ0n) is 23.5. The number of rotatable bonds is 9. The van der Waals surface area contributed by atoms with Crippen molar-refractivity contribution in [2.45, 2.75) is 70.6 Å². The van der Waals surface area contributed by atoms with Crippen molar-refractivity contribution in [2.75, 3.05) is 13.7 Å².